The van der Waals surface area contributed by atoms with Crippen LogP contribution in [0, 0.1) is 0 Å². The molecule has 0 aliphatic carbocycles. The van der Waals surface area contributed by atoms with Gasteiger partial charge in [0.15, 0.2) is 5.58 Å². The third-order valence-corrected chi connectivity index (χ3v) is 5.86. The van der Waals surface area contributed by atoms with Gasteiger partial charge in [-0.05, 0) is 30.7 Å². The summed E-state index contributed by atoms with van der Waals surface area (Å²) in [5.41, 5.74) is 1.83. The van der Waals surface area contributed by atoms with Crippen LogP contribution in [0.4, 0.5) is 0 Å². The van der Waals surface area contributed by atoms with E-state index in [1.54, 1.807) is 13.2 Å². The van der Waals surface area contributed by atoms with Crippen molar-refractivity contribution in [3.8, 4) is 0 Å². The van der Waals surface area contributed by atoms with Crippen LogP contribution in [0.15, 0.2) is 44.6 Å². The quantitative estimate of drug-likeness (QED) is 0.748. The predicted molar refractivity (Wildman–Crippen MR) is 86.1 cm³/mol. The summed E-state index contributed by atoms with van der Waals surface area (Å²) in [6, 6.07) is 6.12. The predicted octanol–water partition coefficient (Wildman–Crippen LogP) is 0.621. The minimum absolute atomic E-state index is 0.116. The van der Waals surface area contributed by atoms with Crippen LogP contribution in [0.1, 0.15) is 12.1 Å². The Morgan fingerprint density at radius 3 is 3.00 bits per heavy atom. The lowest BCUT2D eigenvalue weighted by Crippen LogP contribution is -2.40. The Kier molecular flexibility index (Phi) is 3.36. The van der Waals surface area contributed by atoms with Crippen molar-refractivity contribution in [3.63, 3.8) is 0 Å². The Morgan fingerprint density at radius 1 is 1.33 bits per heavy atom. The Hall–Kier alpha value is -2.39. The first-order valence-electron chi connectivity index (χ1n) is 7.57. The van der Waals surface area contributed by atoms with Crippen molar-refractivity contribution in [3.05, 3.63) is 46.7 Å². The van der Waals surface area contributed by atoms with E-state index in [9.17, 15) is 13.2 Å². The van der Waals surface area contributed by atoms with Gasteiger partial charge in [0.05, 0.1) is 10.4 Å². The standard InChI is InChI=1S/C15H16N4O4S/c1-18-13-9-12(2-3-14(13)23-15(18)20)24(21,22)17-10-5-7-19-11(8-10)4-6-16-19/h2-4,6,9-10,17H,5,7-8H2,1H3/t10-/m0/s1. The zero-order valence-corrected chi connectivity index (χ0v) is 13.8. The molecule has 0 saturated heterocycles. The molecule has 8 nitrogen and oxygen atoms in total. The number of sulfonamides is 1. The second-order valence-electron chi connectivity index (χ2n) is 5.91. The highest BCUT2D eigenvalue weighted by molar-refractivity contribution is 7.89. The molecule has 1 aliphatic rings. The van der Waals surface area contributed by atoms with Gasteiger partial charge in [-0.25, -0.2) is 17.9 Å². The van der Waals surface area contributed by atoms with Crippen molar-refractivity contribution in [1.29, 1.82) is 0 Å². The van der Waals surface area contributed by atoms with Crippen LogP contribution in [0.3, 0.4) is 0 Å². The molecular weight excluding hydrogens is 332 g/mol. The summed E-state index contributed by atoms with van der Waals surface area (Å²) in [7, 11) is -2.14. The zero-order chi connectivity index (χ0) is 16.9. The summed E-state index contributed by atoms with van der Waals surface area (Å²) in [5, 5.41) is 4.19. The minimum Gasteiger partial charge on any atom is -0.408 e. The average Bonchev–Trinajstić information content (AvgIpc) is 3.11. The van der Waals surface area contributed by atoms with E-state index in [1.807, 2.05) is 10.7 Å². The molecule has 0 radical (unpaired) electrons. The Bertz CT molecular complexity index is 1080. The van der Waals surface area contributed by atoms with Gasteiger partial charge < -0.3 is 4.42 Å². The van der Waals surface area contributed by atoms with Gasteiger partial charge in [-0.3, -0.25) is 9.25 Å². The molecule has 0 amide bonds. The number of aryl methyl sites for hydroxylation is 2. The molecule has 9 heteroatoms. The summed E-state index contributed by atoms with van der Waals surface area (Å²) < 4.78 is 36.3. The SMILES string of the molecule is Cn1c(=O)oc2ccc(S(=O)(=O)N[C@H]3CCn4nccc4C3)cc21. The number of fused-ring (bicyclic) bond motifs is 2. The third kappa shape index (κ3) is 2.45. The minimum atomic E-state index is -3.68. The normalized spacial score (nSPS) is 18.0. The number of oxazole rings is 1. The zero-order valence-electron chi connectivity index (χ0n) is 13.0. The largest absolute Gasteiger partial charge is 0.419 e. The molecule has 0 saturated carbocycles. The van der Waals surface area contributed by atoms with Crippen LogP contribution in [0.25, 0.3) is 11.1 Å². The van der Waals surface area contributed by atoms with Crippen LogP contribution < -0.4 is 10.5 Å². The summed E-state index contributed by atoms with van der Waals surface area (Å²) >= 11 is 0. The van der Waals surface area contributed by atoms with Gasteiger partial charge in [0.25, 0.3) is 0 Å². The van der Waals surface area contributed by atoms with Gasteiger partial charge in [-0.1, -0.05) is 0 Å². The number of hydrogen-bond donors (Lipinski definition) is 1. The number of nitrogens with zero attached hydrogens (tertiary/aromatic N) is 3. The molecule has 1 N–H and O–H groups in total. The van der Waals surface area contributed by atoms with Crippen molar-refractivity contribution in [2.45, 2.75) is 30.3 Å². The molecular formula is C15H16N4O4S. The highest BCUT2D eigenvalue weighted by atomic mass is 32.2. The van der Waals surface area contributed by atoms with E-state index in [1.165, 1.54) is 22.8 Å². The van der Waals surface area contributed by atoms with Crippen LogP contribution in [0.5, 0.6) is 0 Å². The highest BCUT2D eigenvalue weighted by Crippen LogP contribution is 2.20. The van der Waals surface area contributed by atoms with Crippen LogP contribution in [0.2, 0.25) is 0 Å². The second kappa shape index (κ2) is 5.32. The maximum absolute atomic E-state index is 12.7. The lowest BCUT2D eigenvalue weighted by Gasteiger charge is -2.24. The van der Waals surface area contributed by atoms with E-state index in [4.69, 9.17) is 4.42 Å². The third-order valence-electron chi connectivity index (χ3n) is 4.34. The summed E-state index contributed by atoms with van der Waals surface area (Å²) in [6.45, 7) is 0.685. The molecule has 126 valence electrons. The van der Waals surface area contributed by atoms with Crippen molar-refractivity contribution >= 4 is 21.1 Å². The lowest BCUT2D eigenvalue weighted by molar-refractivity contribution is 0.414. The smallest absolute Gasteiger partial charge is 0.408 e. The van der Waals surface area contributed by atoms with Crippen LogP contribution in [-0.4, -0.2) is 28.8 Å². The number of rotatable bonds is 3. The first kappa shape index (κ1) is 15.2. The summed E-state index contributed by atoms with van der Waals surface area (Å²) in [4.78, 5) is 11.6. The van der Waals surface area contributed by atoms with E-state index in [0.717, 1.165) is 5.69 Å². The molecule has 3 aromatic rings. The van der Waals surface area contributed by atoms with Gasteiger partial charge in [0.2, 0.25) is 10.0 Å². The first-order chi connectivity index (χ1) is 11.4. The van der Waals surface area contributed by atoms with Gasteiger partial charge in [-0.2, -0.15) is 5.10 Å². The molecule has 24 heavy (non-hydrogen) atoms. The highest BCUT2D eigenvalue weighted by Gasteiger charge is 2.25. The van der Waals surface area contributed by atoms with E-state index < -0.39 is 15.8 Å². The monoisotopic (exact) mass is 348 g/mol. The molecule has 0 fully saturated rings. The van der Waals surface area contributed by atoms with Gasteiger partial charge in [0.1, 0.15) is 0 Å². The topological polar surface area (TPSA) is 99.1 Å². The molecule has 1 aliphatic heterocycles. The fraction of sp³-hybridized carbons (Fsp3) is 0.333. The molecule has 2 aromatic heterocycles. The van der Waals surface area contributed by atoms with Crippen molar-refractivity contribution in [2.75, 3.05) is 0 Å². The van der Waals surface area contributed by atoms with E-state index >= 15 is 0 Å². The number of benzene rings is 1. The molecule has 1 atom stereocenters. The first-order valence-corrected chi connectivity index (χ1v) is 9.05. The lowest BCUT2D eigenvalue weighted by atomic mass is 10.1. The van der Waals surface area contributed by atoms with Gasteiger partial charge >= 0.3 is 5.76 Å². The molecule has 3 heterocycles. The number of hydrogen-bond acceptors (Lipinski definition) is 5. The average molecular weight is 348 g/mol. The molecule has 1 aromatic carbocycles. The van der Waals surface area contributed by atoms with E-state index in [0.29, 0.717) is 30.5 Å². The summed E-state index contributed by atoms with van der Waals surface area (Å²) in [5.74, 6) is -0.520. The van der Waals surface area contributed by atoms with Crippen molar-refractivity contribution in [2.24, 2.45) is 7.05 Å². The second-order valence-corrected chi connectivity index (χ2v) is 7.63. The number of nitrogens with one attached hydrogen (secondary N) is 1. The van der Waals surface area contributed by atoms with Crippen molar-refractivity contribution in [1.82, 2.24) is 19.1 Å². The van der Waals surface area contributed by atoms with E-state index in [-0.39, 0.29) is 10.9 Å². The van der Waals surface area contributed by atoms with Crippen LogP contribution >= 0.6 is 0 Å². The summed E-state index contributed by atoms with van der Waals surface area (Å²) in [6.07, 6.45) is 3.01. The molecule has 0 spiro atoms. The maximum Gasteiger partial charge on any atom is 0.419 e. The Balaban J connectivity index is 1.63. The molecule has 4 rings (SSSR count). The van der Waals surface area contributed by atoms with Crippen LogP contribution in [-0.2, 0) is 30.0 Å². The van der Waals surface area contributed by atoms with E-state index in [2.05, 4.69) is 9.82 Å². The Labute approximate surface area is 137 Å². The fourth-order valence-corrected chi connectivity index (χ4v) is 4.32. The maximum atomic E-state index is 12.7. The van der Waals surface area contributed by atoms with Gasteiger partial charge in [-0.15, -0.1) is 0 Å². The fourth-order valence-electron chi connectivity index (χ4n) is 3.03. The molecule has 0 unspecified atom stereocenters. The van der Waals surface area contributed by atoms with Crippen molar-refractivity contribution < 1.29 is 12.8 Å². The number of aromatic nitrogens is 3. The Morgan fingerprint density at radius 2 is 2.17 bits per heavy atom. The molecule has 0 bridgehead atoms. The van der Waals surface area contributed by atoms with Gasteiger partial charge in [0, 0.05) is 37.9 Å².